The van der Waals surface area contributed by atoms with Gasteiger partial charge in [-0.3, -0.25) is 9.59 Å². The van der Waals surface area contributed by atoms with E-state index in [0.717, 1.165) is 16.8 Å². The van der Waals surface area contributed by atoms with Gasteiger partial charge in [0.05, 0.1) is 18.7 Å². The quantitative estimate of drug-likeness (QED) is 0.866. The van der Waals surface area contributed by atoms with E-state index < -0.39 is 0 Å². The van der Waals surface area contributed by atoms with Crippen LogP contribution < -0.4 is 15.0 Å². The highest BCUT2D eigenvalue weighted by atomic mass is 16.5. The van der Waals surface area contributed by atoms with E-state index >= 15 is 0 Å². The lowest BCUT2D eigenvalue weighted by Crippen LogP contribution is -2.29. The van der Waals surface area contributed by atoms with E-state index in [9.17, 15) is 9.59 Å². The third-order valence-electron chi connectivity index (χ3n) is 4.96. The van der Waals surface area contributed by atoms with Crippen molar-refractivity contribution < 1.29 is 14.3 Å². The topological polar surface area (TPSA) is 58.6 Å². The van der Waals surface area contributed by atoms with Crippen LogP contribution >= 0.6 is 0 Å². The lowest BCUT2D eigenvalue weighted by Gasteiger charge is -2.22. The molecule has 1 saturated heterocycles. The summed E-state index contributed by atoms with van der Waals surface area (Å²) < 4.78 is 5.33. The summed E-state index contributed by atoms with van der Waals surface area (Å²) in [5, 5.41) is 2.93. The average Bonchev–Trinajstić information content (AvgIpc) is 3.03. The number of aryl methyl sites for hydroxylation is 1. The van der Waals surface area contributed by atoms with Crippen LogP contribution in [0, 0.1) is 12.8 Å². The van der Waals surface area contributed by atoms with E-state index in [1.165, 1.54) is 0 Å². The van der Waals surface area contributed by atoms with E-state index in [2.05, 4.69) is 19.2 Å². The van der Waals surface area contributed by atoms with Crippen molar-refractivity contribution in [1.82, 2.24) is 0 Å². The minimum Gasteiger partial charge on any atom is -0.495 e. The summed E-state index contributed by atoms with van der Waals surface area (Å²) in [5.74, 6) is 0.359. The van der Waals surface area contributed by atoms with Crippen molar-refractivity contribution in [2.24, 2.45) is 5.92 Å². The number of amides is 2. The van der Waals surface area contributed by atoms with Gasteiger partial charge in [-0.15, -0.1) is 0 Å². The molecule has 0 radical (unpaired) electrons. The Morgan fingerprint density at radius 1 is 1.22 bits per heavy atom. The molecule has 5 heteroatoms. The number of methoxy groups -OCH3 is 1. The van der Waals surface area contributed by atoms with Gasteiger partial charge in [-0.1, -0.05) is 38.1 Å². The van der Waals surface area contributed by atoms with Crippen molar-refractivity contribution in [1.29, 1.82) is 0 Å². The number of carbonyl (C=O) groups is 2. The van der Waals surface area contributed by atoms with Crippen molar-refractivity contribution in [3.8, 4) is 5.75 Å². The van der Waals surface area contributed by atoms with Crippen LogP contribution in [0.5, 0.6) is 5.75 Å². The molecule has 1 heterocycles. The van der Waals surface area contributed by atoms with Crippen molar-refractivity contribution in [3.63, 3.8) is 0 Å². The molecule has 2 aromatic carbocycles. The van der Waals surface area contributed by atoms with E-state index in [1.54, 1.807) is 12.0 Å². The van der Waals surface area contributed by atoms with Gasteiger partial charge in [0.2, 0.25) is 11.8 Å². The number of para-hydroxylation sites is 1. The Balaban J connectivity index is 1.78. The number of benzene rings is 2. The van der Waals surface area contributed by atoms with Crippen LogP contribution in [0.3, 0.4) is 0 Å². The van der Waals surface area contributed by atoms with Gasteiger partial charge in [-0.05, 0) is 42.2 Å². The highest BCUT2D eigenvalue weighted by molar-refractivity contribution is 6.04. The number of nitrogens with one attached hydrogen (secondary N) is 1. The van der Waals surface area contributed by atoms with Crippen molar-refractivity contribution in [2.75, 3.05) is 23.9 Å². The van der Waals surface area contributed by atoms with E-state index in [0.29, 0.717) is 23.9 Å². The van der Waals surface area contributed by atoms with Gasteiger partial charge in [0.25, 0.3) is 0 Å². The molecule has 5 nitrogen and oxygen atoms in total. The fourth-order valence-corrected chi connectivity index (χ4v) is 3.49. The summed E-state index contributed by atoms with van der Waals surface area (Å²) in [4.78, 5) is 27.1. The predicted molar refractivity (Wildman–Crippen MR) is 107 cm³/mol. The molecule has 1 fully saturated rings. The number of ether oxygens (including phenoxy) is 1. The molecule has 0 spiro atoms. The molecule has 0 aliphatic carbocycles. The first-order valence-corrected chi connectivity index (χ1v) is 9.25. The van der Waals surface area contributed by atoms with Gasteiger partial charge in [-0.25, -0.2) is 0 Å². The molecular formula is C22H26N2O3. The van der Waals surface area contributed by atoms with E-state index in [4.69, 9.17) is 4.74 Å². The zero-order valence-electron chi connectivity index (χ0n) is 16.3. The third-order valence-corrected chi connectivity index (χ3v) is 4.96. The lowest BCUT2D eigenvalue weighted by atomic mass is 10.0. The predicted octanol–water partition coefficient (Wildman–Crippen LogP) is 4.12. The second-order valence-electron chi connectivity index (χ2n) is 7.31. The molecule has 0 aromatic heterocycles. The Bertz CT molecular complexity index is 860. The SMILES string of the molecule is COc1ccc(C)cc1NC(=O)C1CC(=O)N(c2ccccc2C(C)C)C1. The molecule has 27 heavy (non-hydrogen) atoms. The molecule has 1 unspecified atom stereocenters. The van der Waals surface area contributed by atoms with Gasteiger partial charge in [0.1, 0.15) is 5.75 Å². The fraction of sp³-hybridized carbons (Fsp3) is 0.364. The summed E-state index contributed by atoms with van der Waals surface area (Å²) in [6, 6.07) is 13.5. The van der Waals surface area contributed by atoms with Crippen LogP contribution in [0.1, 0.15) is 37.3 Å². The Hall–Kier alpha value is -2.82. The molecule has 1 aliphatic rings. The van der Waals surface area contributed by atoms with E-state index in [-0.39, 0.29) is 24.2 Å². The van der Waals surface area contributed by atoms with Crippen LogP contribution in [0.2, 0.25) is 0 Å². The minimum absolute atomic E-state index is 0.0144. The van der Waals surface area contributed by atoms with Gasteiger partial charge in [0, 0.05) is 18.7 Å². The number of nitrogens with zero attached hydrogens (tertiary/aromatic N) is 1. The minimum atomic E-state index is -0.386. The number of anilines is 2. The molecular weight excluding hydrogens is 340 g/mol. The first-order valence-electron chi connectivity index (χ1n) is 9.25. The number of rotatable bonds is 5. The molecule has 3 rings (SSSR count). The maximum atomic E-state index is 12.8. The van der Waals surface area contributed by atoms with Crippen LogP contribution in [-0.2, 0) is 9.59 Å². The molecule has 142 valence electrons. The molecule has 2 aromatic rings. The maximum Gasteiger partial charge on any atom is 0.229 e. The Kier molecular flexibility index (Phi) is 5.49. The number of hydrogen-bond acceptors (Lipinski definition) is 3. The Morgan fingerprint density at radius 2 is 1.96 bits per heavy atom. The largest absolute Gasteiger partial charge is 0.495 e. The lowest BCUT2D eigenvalue weighted by molar-refractivity contribution is -0.122. The van der Waals surface area contributed by atoms with Gasteiger partial charge in [0.15, 0.2) is 0 Å². The summed E-state index contributed by atoms with van der Waals surface area (Å²) in [5.41, 5.74) is 3.69. The van der Waals surface area contributed by atoms with Crippen molar-refractivity contribution >= 4 is 23.2 Å². The standard InChI is InChI=1S/C22H26N2O3/c1-14(2)17-7-5-6-8-19(17)24-13-16(12-21(24)25)22(26)23-18-11-15(3)9-10-20(18)27-4/h5-11,14,16H,12-13H2,1-4H3,(H,23,26). The Morgan fingerprint density at radius 3 is 2.67 bits per heavy atom. The zero-order valence-corrected chi connectivity index (χ0v) is 16.3. The zero-order chi connectivity index (χ0) is 19.6. The second kappa shape index (κ2) is 7.82. The smallest absolute Gasteiger partial charge is 0.229 e. The van der Waals surface area contributed by atoms with Crippen molar-refractivity contribution in [2.45, 2.75) is 33.1 Å². The normalized spacial score (nSPS) is 16.7. The summed E-state index contributed by atoms with van der Waals surface area (Å²) in [6.45, 7) is 6.56. The number of hydrogen-bond donors (Lipinski definition) is 1. The fourth-order valence-electron chi connectivity index (χ4n) is 3.49. The second-order valence-corrected chi connectivity index (χ2v) is 7.31. The van der Waals surface area contributed by atoms with Gasteiger partial charge < -0.3 is 15.0 Å². The summed E-state index contributed by atoms with van der Waals surface area (Å²) in [7, 11) is 1.57. The van der Waals surface area contributed by atoms with Crippen LogP contribution in [-0.4, -0.2) is 25.5 Å². The van der Waals surface area contributed by atoms with Gasteiger partial charge in [-0.2, -0.15) is 0 Å². The van der Waals surface area contributed by atoms with Gasteiger partial charge >= 0.3 is 0 Å². The van der Waals surface area contributed by atoms with Crippen LogP contribution in [0.15, 0.2) is 42.5 Å². The molecule has 1 aliphatic heterocycles. The van der Waals surface area contributed by atoms with Crippen molar-refractivity contribution in [3.05, 3.63) is 53.6 Å². The number of carbonyl (C=O) groups excluding carboxylic acids is 2. The average molecular weight is 366 g/mol. The molecule has 1 atom stereocenters. The highest BCUT2D eigenvalue weighted by Crippen LogP contribution is 2.33. The Labute approximate surface area is 160 Å². The highest BCUT2D eigenvalue weighted by Gasteiger charge is 2.36. The monoisotopic (exact) mass is 366 g/mol. The molecule has 0 bridgehead atoms. The molecule has 2 amide bonds. The maximum absolute atomic E-state index is 12.8. The summed E-state index contributed by atoms with van der Waals surface area (Å²) >= 11 is 0. The van der Waals surface area contributed by atoms with E-state index in [1.807, 2.05) is 49.4 Å². The molecule has 0 saturated carbocycles. The summed E-state index contributed by atoms with van der Waals surface area (Å²) in [6.07, 6.45) is 0.215. The van der Waals surface area contributed by atoms with Crippen LogP contribution in [0.4, 0.5) is 11.4 Å². The first-order chi connectivity index (χ1) is 12.9. The molecule has 1 N–H and O–H groups in total. The van der Waals surface area contributed by atoms with Crippen LogP contribution in [0.25, 0.3) is 0 Å². The third kappa shape index (κ3) is 3.97. The first kappa shape index (κ1) is 19.0.